The third-order valence-electron chi connectivity index (χ3n) is 3.35. The fourth-order valence-electron chi connectivity index (χ4n) is 1.56. The van der Waals surface area contributed by atoms with E-state index in [4.69, 9.17) is 4.42 Å². The average molecular weight is 279 g/mol. The van der Waals surface area contributed by atoms with E-state index in [1.165, 1.54) is 12.1 Å². The molecule has 2 aromatic rings. The number of benzene rings is 1. The maximum absolute atomic E-state index is 12.9. The van der Waals surface area contributed by atoms with Gasteiger partial charge in [-0.05, 0) is 45.2 Å². The molecule has 0 unspecified atom stereocenters. The van der Waals surface area contributed by atoms with E-state index >= 15 is 0 Å². The third kappa shape index (κ3) is 3.20. The van der Waals surface area contributed by atoms with Gasteiger partial charge in [0.15, 0.2) is 0 Å². The molecule has 108 valence electrons. The monoisotopic (exact) mass is 279 g/mol. The summed E-state index contributed by atoms with van der Waals surface area (Å²) in [5.41, 5.74) is 0.305. The Morgan fingerprint density at radius 3 is 2.50 bits per heavy atom. The summed E-state index contributed by atoms with van der Waals surface area (Å²) in [6, 6.07) is 5.88. The van der Waals surface area contributed by atoms with E-state index in [1.807, 2.05) is 25.8 Å². The van der Waals surface area contributed by atoms with Crippen LogP contribution in [-0.2, 0) is 6.54 Å². The number of aromatic nitrogens is 2. The number of nitrogens with zero attached hydrogens (tertiary/aromatic N) is 3. The lowest BCUT2D eigenvalue weighted by Crippen LogP contribution is -2.43. The lowest BCUT2D eigenvalue weighted by molar-refractivity contribution is 0.0670. The minimum atomic E-state index is -0.371. The number of hydrogen-bond acceptors (Lipinski definition) is 5. The zero-order valence-corrected chi connectivity index (χ0v) is 11.8. The highest BCUT2D eigenvalue weighted by Gasteiger charge is 2.24. The van der Waals surface area contributed by atoms with Gasteiger partial charge < -0.3 is 9.52 Å². The quantitative estimate of drug-likeness (QED) is 0.908. The van der Waals surface area contributed by atoms with Crippen LogP contribution in [0.25, 0.3) is 11.5 Å². The molecule has 5 nitrogen and oxygen atoms in total. The van der Waals surface area contributed by atoms with Gasteiger partial charge in [0.1, 0.15) is 5.82 Å². The topological polar surface area (TPSA) is 62.4 Å². The van der Waals surface area contributed by atoms with Gasteiger partial charge in [0.25, 0.3) is 0 Å². The first kappa shape index (κ1) is 14.6. The number of aliphatic hydroxyl groups is 1. The van der Waals surface area contributed by atoms with Crippen molar-refractivity contribution in [2.45, 2.75) is 25.9 Å². The maximum atomic E-state index is 12.9. The van der Waals surface area contributed by atoms with Crippen molar-refractivity contribution in [3.8, 4) is 11.5 Å². The molecule has 1 N–H and O–H groups in total. The Bertz CT molecular complexity index is 566. The van der Waals surface area contributed by atoms with Crippen LogP contribution in [0.2, 0.25) is 0 Å². The highest BCUT2D eigenvalue weighted by Crippen LogP contribution is 2.20. The van der Waals surface area contributed by atoms with E-state index in [0.29, 0.717) is 23.9 Å². The number of aliphatic hydroxyl groups excluding tert-OH is 1. The van der Waals surface area contributed by atoms with Crippen LogP contribution in [0, 0.1) is 5.82 Å². The molecule has 20 heavy (non-hydrogen) atoms. The van der Waals surface area contributed by atoms with Crippen molar-refractivity contribution in [1.29, 1.82) is 0 Å². The summed E-state index contributed by atoms with van der Waals surface area (Å²) in [5.74, 6) is 0.501. The summed E-state index contributed by atoms with van der Waals surface area (Å²) in [6.07, 6.45) is 0. The first-order chi connectivity index (χ1) is 9.42. The molecular formula is C14H18FN3O2. The van der Waals surface area contributed by atoms with E-state index in [9.17, 15) is 9.50 Å². The van der Waals surface area contributed by atoms with Gasteiger partial charge in [-0.3, -0.25) is 4.90 Å². The Morgan fingerprint density at radius 2 is 1.90 bits per heavy atom. The second-order valence-corrected chi connectivity index (χ2v) is 5.33. The SMILES string of the molecule is CN(Cc1nnc(-c2ccc(F)cc2)o1)C(C)(C)CO. The van der Waals surface area contributed by atoms with E-state index in [0.717, 1.165) is 0 Å². The molecule has 0 bridgehead atoms. The van der Waals surface area contributed by atoms with Crippen LogP contribution in [0.5, 0.6) is 0 Å². The van der Waals surface area contributed by atoms with E-state index in [-0.39, 0.29) is 18.0 Å². The molecule has 1 heterocycles. The summed E-state index contributed by atoms with van der Waals surface area (Å²) in [5, 5.41) is 17.2. The van der Waals surface area contributed by atoms with Crippen LogP contribution in [0.15, 0.2) is 28.7 Å². The van der Waals surface area contributed by atoms with Crippen molar-refractivity contribution in [3.05, 3.63) is 36.0 Å². The maximum Gasteiger partial charge on any atom is 0.247 e. The van der Waals surface area contributed by atoms with Crippen molar-refractivity contribution in [2.24, 2.45) is 0 Å². The molecule has 0 atom stereocenters. The molecule has 0 radical (unpaired) electrons. The highest BCUT2D eigenvalue weighted by molar-refractivity contribution is 5.51. The molecule has 0 fully saturated rings. The Balaban J connectivity index is 2.11. The molecule has 0 aliphatic rings. The molecule has 0 saturated heterocycles. The Labute approximate surface area is 117 Å². The Morgan fingerprint density at radius 1 is 1.25 bits per heavy atom. The number of halogens is 1. The molecule has 0 spiro atoms. The molecule has 0 aliphatic heterocycles. The smallest absolute Gasteiger partial charge is 0.247 e. The van der Waals surface area contributed by atoms with E-state index in [2.05, 4.69) is 10.2 Å². The molecule has 0 saturated carbocycles. The van der Waals surface area contributed by atoms with Crippen LogP contribution < -0.4 is 0 Å². The predicted octanol–water partition coefficient (Wildman–Crippen LogP) is 2.08. The third-order valence-corrected chi connectivity index (χ3v) is 3.35. The van der Waals surface area contributed by atoms with E-state index < -0.39 is 0 Å². The number of rotatable bonds is 5. The number of hydrogen-bond donors (Lipinski definition) is 1. The molecule has 1 aromatic heterocycles. The van der Waals surface area contributed by atoms with Crippen LogP contribution >= 0.6 is 0 Å². The van der Waals surface area contributed by atoms with E-state index in [1.54, 1.807) is 12.1 Å². The summed E-state index contributed by atoms with van der Waals surface area (Å²) in [4.78, 5) is 1.93. The van der Waals surface area contributed by atoms with Gasteiger partial charge in [0.2, 0.25) is 11.8 Å². The summed E-state index contributed by atoms with van der Waals surface area (Å²) in [7, 11) is 1.87. The van der Waals surface area contributed by atoms with Gasteiger partial charge in [0.05, 0.1) is 13.2 Å². The minimum Gasteiger partial charge on any atom is -0.419 e. The van der Waals surface area contributed by atoms with Crippen molar-refractivity contribution in [2.75, 3.05) is 13.7 Å². The Hall–Kier alpha value is -1.79. The van der Waals surface area contributed by atoms with Crippen molar-refractivity contribution in [3.63, 3.8) is 0 Å². The van der Waals surface area contributed by atoms with Gasteiger partial charge in [0, 0.05) is 11.1 Å². The average Bonchev–Trinajstić information content (AvgIpc) is 2.88. The molecule has 0 aliphatic carbocycles. The second kappa shape index (κ2) is 5.68. The van der Waals surface area contributed by atoms with Gasteiger partial charge in [-0.1, -0.05) is 0 Å². The van der Waals surface area contributed by atoms with Crippen molar-refractivity contribution < 1.29 is 13.9 Å². The van der Waals surface area contributed by atoms with Gasteiger partial charge in [-0.15, -0.1) is 10.2 Å². The second-order valence-electron chi connectivity index (χ2n) is 5.33. The normalized spacial score (nSPS) is 12.1. The minimum absolute atomic E-state index is 0.0302. The lowest BCUT2D eigenvalue weighted by atomic mass is 10.1. The van der Waals surface area contributed by atoms with Crippen LogP contribution in [-0.4, -0.2) is 39.4 Å². The van der Waals surface area contributed by atoms with Crippen LogP contribution in [0.4, 0.5) is 4.39 Å². The fraction of sp³-hybridized carbons (Fsp3) is 0.429. The fourth-order valence-corrected chi connectivity index (χ4v) is 1.56. The summed E-state index contributed by atoms with van der Waals surface area (Å²) >= 11 is 0. The Kier molecular flexibility index (Phi) is 4.15. The lowest BCUT2D eigenvalue weighted by Gasteiger charge is -2.32. The molecule has 6 heteroatoms. The van der Waals surface area contributed by atoms with Crippen molar-refractivity contribution in [1.82, 2.24) is 15.1 Å². The van der Waals surface area contributed by atoms with Gasteiger partial charge in [-0.25, -0.2) is 4.39 Å². The van der Waals surface area contributed by atoms with Gasteiger partial charge in [-0.2, -0.15) is 0 Å². The first-order valence-electron chi connectivity index (χ1n) is 6.33. The molecular weight excluding hydrogens is 261 g/mol. The van der Waals surface area contributed by atoms with Crippen LogP contribution in [0.3, 0.4) is 0 Å². The molecule has 0 amide bonds. The van der Waals surface area contributed by atoms with Gasteiger partial charge >= 0.3 is 0 Å². The molecule has 1 aromatic carbocycles. The highest BCUT2D eigenvalue weighted by atomic mass is 19.1. The standard InChI is InChI=1S/C14H18FN3O2/c1-14(2,9-19)18(3)8-12-16-17-13(20-12)10-4-6-11(15)7-5-10/h4-7,19H,8-9H2,1-3H3. The zero-order valence-electron chi connectivity index (χ0n) is 11.8. The summed E-state index contributed by atoms with van der Waals surface area (Å²) in [6.45, 7) is 4.30. The van der Waals surface area contributed by atoms with Crippen LogP contribution in [0.1, 0.15) is 19.7 Å². The van der Waals surface area contributed by atoms with Crippen molar-refractivity contribution >= 4 is 0 Å². The largest absolute Gasteiger partial charge is 0.419 e. The molecule has 2 rings (SSSR count). The zero-order chi connectivity index (χ0) is 14.8. The predicted molar refractivity (Wildman–Crippen MR) is 72.3 cm³/mol. The first-order valence-corrected chi connectivity index (χ1v) is 6.33. The summed E-state index contributed by atoms with van der Waals surface area (Å²) < 4.78 is 18.4. The number of likely N-dealkylation sites (N-methyl/N-ethyl adjacent to an activating group) is 1.